The molecule has 0 fully saturated rings. The van der Waals surface area contributed by atoms with Crippen molar-refractivity contribution >= 4 is 16.9 Å². The van der Waals surface area contributed by atoms with Crippen LogP contribution >= 0.6 is 0 Å². The third-order valence-electron chi connectivity index (χ3n) is 4.72. The lowest BCUT2D eigenvalue weighted by atomic mass is 10.1. The quantitative estimate of drug-likeness (QED) is 0.315. The summed E-state index contributed by atoms with van der Waals surface area (Å²) in [6.07, 6.45) is 0. The van der Waals surface area contributed by atoms with Crippen molar-refractivity contribution in [2.45, 2.75) is 0 Å². The van der Waals surface area contributed by atoms with Crippen molar-refractivity contribution in [2.24, 2.45) is 0 Å². The largest absolute Gasteiger partial charge is 0.497 e. The summed E-state index contributed by atoms with van der Waals surface area (Å²) in [5.41, 5.74) is 0.887. The van der Waals surface area contributed by atoms with Gasteiger partial charge in [-0.25, -0.2) is 4.79 Å². The highest BCUT2D eigenvalue weighted by atomic mass is 16.6. The number of esters is 1. The molecule has 0 saturated heterocycles. The summed E-state index contributed by atoms with van der Waals surface area (Å²) in [5.74, 6) is 1.96. The van der Waals surface area contributed by atoms with E-state index in [9.17, 15) is 9.59 Å². The highest BCUT2D eigenvalue weighted by molar-refractivity contribution is 5.82. The lowest BCUT2D eigenvalue weighted by Crippen LogP contribution is -2.17. The monoisotopic (exact) mass is 432 g/mol. The molecule has 4 aromatic rings. The van der Waals surface area contributed by atoms with Crippen LogP contribution < -0.4 is 24.4 Å². The molecule has 7 nitrogen and oxygen atoms in total. The van der Waals surface area contributed by atoms with Crippen LogP contribution in [0.4, 0.5) is 0 Å². The second-order valence-corrected chi connectivity index (χ2v) is 6.80. The molecule has 1 aromatic heterocycles. The lowest BCUT2D eigenvalue weighted by Gasteiger charge is -2.08. The fourth-order valence-corrected chi connectivity index (χ4v) is 3.07. The molecule has 0 aliphatic rings. The second kappa shape index (κ2) is 9.26. The number of carbonyl (C=O) groups is 1. The third kappa shape index (κ3) is 4.73. The van der Waals surface area contributed by atoms with E-state index < -0.39 is 5.97 Å². The summed E-state index contributed by atoms with van der Waals surface area (Å²) in [7, 11) is 3.15. The van der Waals surface area contributed by atoms with Crippen LogP contribution in [0.15, 0.2) is 82.0 Å². The number of ether oxygens (including phenoxy) is 4. The molecule has 0 saturated carbocycles. The van der Waals surface area contributed by atoms with E-state index in [4.69, 9.17) is 23.4 Å². The molecule has 3 aromatic carbocycles. The average Bonchev–Trinajstić information content (AvgIpc) is 2.83. The van der Waals surface area contributed by atoms with Crippen molar-refractivity contribution in [3.05, 3.63) is 83.0 Å². The zero-order valence-corrected chi connectivity index (χ0v) is 17.5. The Morgan fingerprint density at radius 2 is 1.38 bits per heavy atom. The fourth-order valence-electron chi connectivity index (χ4n) is 3.07. The Kier molecular flexibility index (Phi) is 6.07. The maximum Gasteiger partial charge on any atom is 0.349 e. The van der Waals surface area contributed by atoms with Crippen LogP contribution in [0.2, 0.25) is 0 Å². The standard InChI is InChI=1S/C25H20O7/c1-28-17-5-3-16(4-6-17)24-14-22(26)21-13-20(11-12-23(21)32-24)31-25(27)15-30-19-9-7-18(29-2)8-10-19/h3-14H,15H2,1-2H3. The number of hydrogen-bond donors (Lipinski definition) is 0. The van der Waals surface area contributed by atoms with Crippen molar-refractivity contribution in [3.63, 3.8) is 0 Å². The van der Waals surface area contributed by atoms with E-state index in [2.05, 4.69) is 0 Å². The SMILES string of the molecule is COc1ccc(OCC(=O)Oc2ccc3oc(-c4ccc(OC)cc4)cc(=O)c3c2)cc1. The summed E-state index contributed by atoms with van der Waals surface area (Å²) < 4.78 is 26.8. The Hall–Kier alpha value is -4.26. The Bertz CT molecular complexity index is 1290. The predicted octanol–water partition coefficient (Wildman–Crippen LogP) is 4.46. The van der Waals surface area contributed by atoms with Crippen molar-refractivity contribution in [1.82, 2.24) is 0 Å². The van der Waals surface area contributed by atoms with Crippen LogP contribution in [0.25, 0.3) is 22.3 Å². The molecule has 7 heteroatoms. The molecule has 0 bridgehead atoms. The second-order valence-electron chi connectivity index (χ2n) is 6.80. The molecular formula is C25H20O7. The highest BCUT2D eigenvalue weighted by Crippen LogP contribution is 2.26. The average molecular weight is 432 g/mol. The van der Waals surface area contributed by atoms with Crippen LogP contribution in [-0.4, -0.2) is 26.8 Å². The maximum atomic E-state index is 12.6. The summed E-state index contributed by atoms with van der Waals surface area (Å²) in [5, 5.41) is 0.309. The van der Waals surface area contributed by atoms with Gasteiger partial charge in [0.1, 0.15) is 34.3 Å². The first-order chi connectivity index (χ1) is 15.6. The number of fused-ring (bicyclic) bond motifs is 1. The van der Waals surface area contributed by atoms with E-state index in [1.807, 2.05) is 12.1 Å². The Balaban J connectivity index is 1.47. The molecule has 0 spiro atoms. The zero-order valence-electron chi connectivity index (χ0n) is 17.5. The molecule has 0 unspecified atom stereocenters. The summed E-state index contributed by atoms with van der Waals surface area (Å²) in [4.78, 5) is 24.8. The molecule has 32 heavy (non-hydrogen) atoms. The van der Waals surface area contributed by atoms with Crippen LogP contribution in [0.3, 0.4) is 0 Å². The smallest absolute Gasteiger partial charge is 0.349 e. The third-order valence-corrected chi connectivity index (χ3v) is 4.72. The van der Waals surface area contributed by atoms with Gasteiger partial charge in [-0.05, 0) is 66.7 Å². The van der Waals surface area contributed by atoms with Gasteiger partial charge >= 0.3 is 5.97 Å². The van der Waals surface area contributed by atoms with Gasteiger partial charge < -0.3 is 23.4 Å². The van der Waals surface area contributed by atoms with E-state index in [-0.39, 0.29) is 17.8 Å². The Morgan fingerprint density at radius 3 is 2.03 bits per heavy atom. The minimum atomic E-state index is -0.598. The molecule has 0 radical (unpaired) electrons. The number of methoxy groups -OCH3 is 2. The van der Waals surface area contributed by atoms with E-state index in [0.717, 1.165) is 5.56 Å². The van der Waals surface area contributed by atoms with E-state index in [1.165, 1.54) is 12.1 Å². The number of rotatable bonds is 7. The predicted molar refractivity (Wildman–Crippen MR) is 119 cm³/mol. The summed E-state index contributed by atoms with van der Waals surface area (Å²) in [6, 6.07) is 20.1. The topological polar surface area (TPSA) is 84.2 Å². The van der Waals surface area contributed by atoms with E-state index in [1.54, 1.807) is 62.8 Å². The molecule has 0 atom stereocenters. The first-order valence-corrected chi connectivity index (χ1v) is 9.75. The molecule has 4 rings (SSSR count). The molecule has 0 amide bonds. The number of hydrogen-bond acceptors (Lipinski definition) is 7. The van der Waals surface area contributed by atoms with Gasteiger partial charge in [0.25, 0.3) is 0 Å². The minimum absolute atomic E-state index is 0.227. The summed E-state index contributed by atoms with van der Waals surface area (Å²) >= 11 is 0. The molecule has 162 valence electrons. The van der Waals surface area contributed by atoms with E-state index in [0.29, 0.717) is 34.0 Å². The van der Waals surface area contributed by atoms with Crippen LogP contribution in [0.1, 0.15) is 0 Å². The Morgan fingerprint density at radius 1 is 0.781 bits per heavy atom. The van der Waals surface area contributed by atoms with Crippen molar-refractivity contribution < 1.29 is 28.2 Å². The zero-order chi connectivity index (χ0) is 22.5. The van der Waals surface area contributed by atoms with Gasteiger partial charge in [-0.3, -0.25) is 4.79 Å². The van der Waals surface area contributed by atoms with Gasteiger partial charge in [0, 0.05) is 11.6 Å². The highest BCUT2D eigenvalue weighted by Gasteiger charge is 2.11. The van der Waals surface area contributed by atoms with Gasteiger partial charge in [-0.15, -0.1) is 0 Å². The van der Waals surface area contributed by atoms with Gasteiger partial charge in [0.05, 0.1) is 19.6 Å². The number of benzene rings is 3. The molecule has 1 heterocycles. The van der Waals surface area contributed by atoms with Crippen molar-refractivity contribution in [3.8, 4) is 34.3 Å². The van der Waals surface area contributed by atoms with Gasteiger partial charge in [0.15, 0.2) is 12.0 Å². The minimum Gasteiger partial charge on any atom is -0.497 e. The van der Waals surface area contributed by atoms with Crippen LogP contribution in [-0.2, 0) is 4.79 Å². The Labute approximate surface area is 183 Å². The maximum absolute atomic E-state index is 12.6. The first kappa shape index (κ1) is 21.0. The molecule has 0 N–H and O–H groups in total. The van der Waals surface area contributed by atoms with Crippen molar-refractivity contribution in [2.75, 3.05) is 20.8 Å². The normalized spacial score (nSPS) is 10.6. The van der Waals surface area contributed by atoms with Crippen molar-refractivity contribution in [1.29, 1.82) is 0 Å². The molecular weight excluding hydrogens is 412 g/mol. The fraction of sp³-hybridized carbons (Fsp3) is 0.120. The lowest BCUT2D eigenvalue weighted by molar-refractivity contribution is -0.136. The van der Waals surface area contributed by atoms with Gasteiger partial charge in [0.2, 0.25) is 0 Å². The first-order valence-electron chi connectivity index (χ1n) is 9.75. The van der Waals surface area contributed by atoms with Crippen LogP contribution in [0, 0.1) is 0 Å². The summed E-state index contributed by atoms with van der Waals surface area (Å²) in [6.45, 7) is -0.282. The van der Waals surface area contributed by atoms with Gasteiger partial charge in [-0.2, -0.15) is 0 Å². The molecule has 0 aliphatic carbocycles. The molecule has 0 aliphatic heterocycles. The number of carbonyl (C=O) groups excluding carboxylic acids is 1. The van der Waals surface area contributed by atoms with Crippen LogP contribution in [0.5, 0.6) is 23.0 Å². The van der Waals surface area contributed by atoms with E-state index >= 15 is 0 Å². The van der Waals surface area contributed by atoms with Gasteiger partial charge in [-0.1, -0.05) is 0 Å².